The smallest absolute Gasteiger partial charge is 1.00 e. The number of halogens is 9. The van der Waals surface area contributed by atoms with Crippen molar-refractivity contribution in [1.82, 2.24) is 23.7 Å². The van der Waals surface area contributed by atoms with Crippen molar-refractivity contribution >= 4 is 193 Å². The van der Waals surface area contributed by atoms with Gasteiger partial charge in [0, 0.05) is 50.9 Å². The molecule has 0 saturated heterocycles. The Kier molecular flexibility index (Phi) is 30.3. The van der Waals surface area contributed by atoms with Crippen LogP contribution in [0.2, 0.25) is 30.1 Å². The van der Waals surface area contributed by atoms with Gasteiger partial charge in [0.1, 0.15) is 0 Å². The molecule has 7 N–H and O–H groups in total. The SMILES string of the molecule is CC(C)(C)[O-].NC(=O)c1cccc(Cl)c1N.NC(=O)c1cccc(Cl)c1N=Cc1cc2ccc(Cl)cc2n1Cc1ccccc1.O=Cc1cc2ccc(Cl)cc2n1Cc1ccccc1.O=c1[nH]c(-c2cc3ccc(Cl)cc3n2Cc2ccccc2)nc2c(Cl)cccc12.[Cl][In]([Cl])[Cl].[K+]. The number of H-pyrrole nitrogens is 1. The van der Waals surface area contributed by atoms with Gasteiger partial charge in [-0.1, -0.05) is 218 Å². The normalized spacial score (nSPS) is 10.8. The number of aromatic nitrogens is 5. The first-order valence-electron chi connectivity index (χ1n) is 29.5. The van der Waals surface area contributed by atoms with Crippen molar-refractivity contribution in [2.75, 3.05) is 5.73 Å². The number of nitrogens with zero attached hydrogens (tertiary/aromatic N) is 5. The molecule has 0 atom stereocenters. The third-order valence-electron chi connectivity index (χ3n) is 14.2. The molecule has 14 nitrogen and oxygen atoms in total. The standard InChI is InChI=1S/C23H15Cl2N3O.C23H17Cl2N3O.C16H12ClNO.C7H7ClN2O.C4H9O.3ClH.In.K/c24-16-10-9-15-11-20(28(19(15)12-16)13-14-5-2-1-3-6-14)22-26-21-17(23(29)27-22)7-4-8-18(21)25;24-17-10-9-16-11-18(13-27-22-19(23(26)29)7-4-8-20(22)25)28(21(16)12-17)14-15-5-2-1-3-6-15;17-14-7-6-13-8-15(11-19)18(16(13)9-14)10-12-4-2-1-3-5-12;8-5-3-1-2-4(6(5)9)7(10)11;1-4(2,3)5;;;;;/h1-12H,13H2,(H,26,27,29);1-13H,14H2,(H2,26,29);1-9,11H,10H2;1-3H,9H2,(H2,10,11);1-3H3;3*1H;;/q;;;;-1;;;;+3;+1/p-3. The van der Waals surface area contributed by atoms with E-state index in [4.69, 9.17) is 113 Å². The Bertz CT molecular complexity index is 5000. The zero-order chi connectivity index (χ0) is 70.1. The van der Waals surface area contributed by atoms with Crippen molar-refractivity contribution in [2.45, 2.75) is 46.0 Å². The summed E-state index contributed by atoms with van der Waals surface area (Å²) in [7, 11) is 15.0. The summed E-state index contributed by atoms with van der Waals surface area (Å²) in [6.45, 7) is 6.83. The molecule has 494 valence electrons. The van der Waals surface area contributed by atoms with E-state index in [1.807, 2.05) is 144 Å². The Labute approximate surface area is 656 Å². The molecule has 0 aliphatic rings. The number of carbonyl (C=O) groups is 3. The van der Waals surface area contributed by atoms with Gasteiger partial charge in [0.05, 0.1) is 88.3 Å². The second-order valence-electron chi connectivity index (χ2n) is 22.3. The van der Waals surface area contributed by atoms with Gasteiger partial charge in [0.15, 0.2) is 12.1 Å². The molecule has 4 heterocycles. The van der Waals surface area contributed by atoms with Crippen LogP contribution in [0.4, 0.5) is 11.4 Å². The number of amides is 2. The largest absolute Gasteiger partial charge is 1.00 e. The van der Waals surface area contributed by atoms with Gasteiger partial charge < -0.3 is 41.0 Å². The third kappa shape index (κ3) is 22.4. The fraction of sp³-hybridized carbons (Fsp3) is 0.0959. The van der Waals surface area contributed by atoms with Crippen LogP contribution in [0.25, 0.3) is 55.1 Å². The van der Waals surface area contributed by atoms with E-state index in [2.05, 4.69) is 48.4 Å². The molecule has 0 bridgehead atoms. The fourth-order valence-corrected chi connectivity index (χ4v) is 11.0. The van der Waals surface area contributed by atoms with Gasteiger partial charge in [-0.15, -0.1) is 5.60 Å². The molecule has 13 rings (SSSR count). The number of rotatable bonds is 12. The van der Waals surface area contributed by atoms with Crippen molar-refractivity contribution in [3.05, 3.63) is 298 Å². The molecule has 0 saturated carbocycles. The number of aldehydes is 1. The fourth-order valence-electron chi connectivity index (χ4n) is 9.92. The summed E-state index contributed by atoms with van der Waals surface area (Å²) in [4.78, 5) is 58.4. The van der Waals surface area contributed by atoms with Crippen molar-refractivity contribution in [3.8, 4) is 11.5 Å². The zero-order valence-electron chi connectivity index (χ0n) is 53.0. The number of fused-ring (bicyclic) bond motifs is 4. The molecule has 4 aromatic heterocycles. The number of hydrogen-bond acceptors (Lipinski definition) is 8. The van der Waals surface area contributed by atoms with Crippen LogP contribution in [0.5, 0.6) is 0 Å². The summed E-state index contributed by atoms with van der Waals surface area (Å²) in [6.07, 6.45) is 2.58. The molecule has 25 heteroatoms. The Morgan fingerprint density at radius 3 is 1.40 bits per heavy atom. The maximum atomic E-state index is 12.7. The minimum atomic E-state index is -2.22. The Hall–Kier alpha value is -6.10. The molecule has 0 radical (unpaired) electrons. The summed E-state index contributed by atoms with van der Waals surface area (Å²) in [5, 5.41) is 16.8. The van der Waals surface area contributed by atoms with E-state index in [1.54, 1.807) is 75.5 Å². The molecule has 0 spiro atoms. The van der Waals surface area contributed by atoms with Crippen molar-refractivity contribution in [1.29, 1.82) is 0 Å². The number of benzene rings is 9. The maximum Gasteiger partial charge on any atom is 1.00 e. The molecule has 0 unspecified atom stereocenters. The molecule has 0 aliphatic carbocycles. The number of aliphatic imine (C=N–C) groups is 1. The Morgan fingerprint density at radius 1 is 0.541 bits per heavy atom. The number of primary amides is 2. The number of anilines is 1. The first kappa shape index (κ1) is 79.2. The molecule has 9 aromatic carbocycles. The molecule has 98 heavy (non-hydrogen) atoms. The van der Waals surface area contributed by atoms with Crippen LogP contribution < -0.4 is 79.3 Å². The van der Waals surface area contributed by atoms with Crippen molar-refractivity contribution < 1.29 is 70.9 Å². The second-order valence-corrected chi connectivity index (χ2v) is 39.6. The maximum absolute atomic E-state index is 12.7. The average Bonchev–Trinajstić information content (AvgIpc) is 1.59. The van der Waals surface area contributed by atoms with Gasteiger partial charge >= 0.3 is 95.0 Å². The number of nitrogens with one attached hydrogen (secondary N) is 1. The summed E-state index contributed by atoms with van der Waals surface area (Å²) < 4.78 is 6.22. The van der Waals surface area contributed by atoms with Crippen LogP contribution in [-0.4, -0.2) is 71.5 Å². The number of hydrogen-bond donors (Lipinski definition) is 4. The molecule has 13 aromatic rings. The molecule has 2 amide bonds. The average molecular weight is 1620 g/mol. The number of carbonyl (C=O) groups excluding carboxylic acids is 3. The monoisotopic (exact) mass is 1610 g/mol. The van der Waals surface area contributed by atoms with Crippen LogP contribution in [0.1, 0.15) is 74.4 Å². The van der Waals surface area contributed by atoms with E-state index in [0.29, 0.717) is 77.9 Å². The molecular formula is C73H60Cl9InKN9O5. The van der Waals surface area contributed by atoms with E-state index in [1.165, 1.54) is 6.07 Å². The van der Waals surface area contributed by atoms with E-state index < -0.39 is 35.3 Å². The van der Waals surface area contributed by atoms with Gasteiger partial charge in [-0.3, -0.25) is 24.2 Å². The van der Waals surface area contributed by atoms with Gasteiger partial charge in [-0.2, -0.15) is 0 Å². The molecule has 0 aliphatic heterocycles. The van der Waals surface area contributed by atoms with E-state index in [-0.39, 0.29) is 73.8 Å². The van der Waals surface area contributed by atoms with Crippen LogP contribution >= 0.6 is 95.3 Å². The van der Waals surface area contributed by atoms with E-state index in [0.717, 1.165) is 67.1 Å². The predicted octanol–water partition coefficient (Wildman–Crippen LogP) is 15.8. The van der Waals surface area contributed by atoms with Crippen LogP contribution in [0.3, 0.4) is 0 Å². The minimum Gasteiger partial charge on any atom is 1.00 e. The third-order valence-corrected chi connectivity index (χ3v) is 15.8. The quantitative estimate of drug-likeness (QED) is 0.0400. The zero-order valence-corrected chi connectivity index (χ0v) is 66.3. The van der Waals surface area contributed by atoms with Crippen molar-refractivity contribution in [2.24, 2.45) is 16.5 Å². The van der Waals surface area contributed by atoms with Crippen LogP contribution in [0, 0.1) is 0 Å². The summed E-state index contributed by atoms with van der Waals surface area (Å²) in [6, 6.07) is 68.3. The molecular weight excluding hydrogens is 1560 g/mol. The number of nitrogen functional groups attached to an aromatic ring is 1. The molecule has 0 fully saturated rings. The first-order valence-corrected chi connectivity index (χ1v) is 44.3. The Balaban J connectivity index is 0.000000183. The summed E-state index contributed by atoms with van der Waals surface area (Å²) in [5.41, 5.74) is 25.3. The second kappa shape index (κ2) is 37.5. The predicted molar refractivity (Wildman–Crippen MR) is 404 cm³/mol. The Morgan fingerprint density at radius 2 is 0.939 bits per heavy atom. The summed E-state index contributed by atoms with van der Waals surface area (Å²) >= 11 is 34.5. The van der Waals surface area contributed by atoms with E-state index >= 15 is 0 Å². The number of aromatic amines is 1. The van der Waals surface area contributed by atoms with Crippen LogP contribution in [-0.2, 0) is 19.6 Å². The first-order chi connectivity index (χ1) is 46.3. The minimum absolute atomic E-state index is 0. The van der Waals surface area contributed by atoms with Gasteiger partial charge in [0.25, 0.3) is 17.4 Å². The number of para-hydroxylation sites is 3. The van der Waals surface area contributed by atoms with Gasteiger partial charge in [-0.25, -0.2) is 4.98 Å². The van der Waals surface area contributed by atoms with Gasteiger partial charge in [-0.05, 0) is 108 Å². The van der Waals surface area contributed by atoms with E-state index in [9.17, 15) is 24.3 Å². The van der Waals surface area contributed by atoms with Crippen LogP contribution in [0.15, 0.2) is 228 Å². The van der Waals surface area contributed by atoms with Gasteiger partial charge in [0.2, 0.25) is 0 Å². The summed E-state index contributed by atoms with van der Waals surface area (Å²) in [5.74, 6) is -0.667. The topological polar surface area (TPSA) is 225 Å². The number of nitrogens with two attached hydrogens (primary N) is 3. The van der Waals surface area contributed by atoms with Crippen molar-refractivity contribution in [3.63, 3.8) is 0 Å².